The lowest BCUT2D eigenvalue weighted by atomic mass is 9.99. The van der Waals surface area contributed by atoms with E-state index in [9.17, 15) is 9.90 Å². The van der Waals surface area contributed by atoms with Gasteiger partial charge < -0.3 is 5.11 Å². The minimum atomic E-state index is -0.745. The van der Waals surface area contributed by atoms with Crippen LogP contribution in [0.15, 0.2) is 48.7 Å². The van der Waals surface area contributed by atoms with Gasteiger partial charge in [0.15, 0.2) is 0 Å². The van der Waals surface area contributed by atoms with Crippen LogP contribution < -0.4 is 0 Å². The number of rotatable bonds is 4. The molecule has 114 valence electrons. The lowest BCUT2D eigenvalue weighted by Gasteiger charge is -2.31. The van der Waals surface area contributed by atoms with Gasteiger partial charge in [0.25, 0.3) is 0 Å². The van der Waals surface area contributed by atoms with Crippen LogP contribution in [-0.4, -0.2) is 33.5 Å². The van der Waals surface area contributed by atoms with Crippen LogP contribution in [0.25, 0.3) is 0 Å². The highest BCUT2D eigenvalue weighted by Gasteiger charge is 2.37. The number of likely N-dealkylation sites (tertiary alicyclic amines) is 1. The van der Waals surface area contributed by atoms with Gasteiger partial charge >= 0.3 is 5.97 Å². The molecule has 1 aliphatic heterocycles. The molecule has 0 amide bonds. The van der Waals surface area contributed by atoms with E-state index in [-0.39, 0.29) is 6.04 Å². The minimum Gasteiger partial charge on any atom is -0.480 e. The molecule has 0 radical (unpaired) electrons. The van der Waals surface area contributed by atoms with Crippen LogP contribution in [0.2, 0.25) is 0 Å². The van der Waals surface area contributed by atoms with Crippen molar-refractivity contribution in [3.63, 3.8) is 0 Å². The molecule has 0 aliphatic carbocycles. The van der Waals surface area contributed by atoms with Crippen molar-refractivity contribution in [2.24, 2.45) is 0 Å². The molecule has 4 nitrogen and oxygen atoms in total. The quantitative estimate of drug-likeness (QED) is 0.942. The van der Waals surface area contributed by atoms with E-state index in [4.69, 9.17) is 0 Å². The highest BCUT2D eigenvalue weighted by atomic mass is 16.4. The first-order chi connectivity index (χ1) is 10.7. The van der Waals surface area contributed by atoms with Crippen LogP contribution >= 0.6 is 0 Å². The van der Waals surface area contributed by atoms with Crippen molar-refractivity contribution in [3.8, 4) is 0 Å². The van der Waals surface area contributed by atoms with Gasteiger partial charge in [0, 0.05) is 12.7 Å². The molecule has 1 fully saturated rings. The third-order valence-electron chi connectivity index (χ3n) is 4.27. The smallest absolute Gasteiger partial charge is 0.320 e. The van der Waals surface area contributed by atoms with Gasteiger partial charge in [-0.25, -0.2) is 0 Å². The number of benzene rings is 1. The highest BCUT2D eigenvalue weighted by Crippen LogP contribution is 2.34. The van der Waals surface area contributed by atoms with E-state index in [1.165, 1.54) is 5.56 Å². The lowest BCUT2D eigenvalue weighted by molar-refractivity contribution is -0.142. The molecule has 22 heavy (non-hydrogen) atoms. The second-order valence-electron chi connectivity index (χ2n) is 5.80. The molecule has 0 bridgehead atoms. The van der Waals surface area contributed by atoms with Crippen molar-refractivity contribution >= 4 is 5.97 Å². The third-order valence-corrected chi connectivity index (χ3v) is 4.27. The van der Waals surface area contributed by atoms with E-state index in [0.717, 1.165) is 24.2 Å². The van der Waals surface area contributed by atoms with Gasteiger partial charge in [-0.2, -0.15) is 0 Å². The van der Waals surface area contributed by atoms with Crippen LogP contribution in [0.3, 0.4) is 0 Å². The Hall–Kier alpha value is -2.20. The predicted octanol–water partition coefficient (Wildman–Crippen LogP) is 3.03. The molecule has 1 saturated heterocycles. The van der Waals surface area contributed by atoms with Gasteiger partial charge in [0.1, 0.15) is 6.04 Å². The Morgan fingerprint density at radius 2 is 2.05 bits per heavy atom. The molecule has 2 heterocycles. The van der Waals surface area contributed by atoms with E-state index < -0.39 is 12.0 Å². The number of aryl methyl sites for hydroxylation is 1. The number of carboxylic acid groups (broad SMARTS) is 1. The normalized spacial score (nSPS) is 20.0. The summed E-state index contributed by atoms with van der Waals surface area (Å²) in [5, 5.41) is 9.51. The maximum atomic E-state index is 11.6. The molecular formula is C18H20N2O2. The maximum Gasteiger partial charge on any atom is 0.320 e. The number of carbonyl (C=O) groups is 1. The summed E-state index contributed by atoms with van der Waals surface area (Å²) in [5.74, 6) is -0.745. The first-order valence-corrected chi connectivity index (χ1v) is 7.63. The summed E-state index contributed by atoms with van der Waals surface area (Å²) >= 11 is 0. The van der Waals surface area contributed by atoms with Gasteiger partial charge in [0.2, 0.25) is 0 Å². The van der Waals surface area contributed by atoms with Crippen LogP contribution in [-0.2, 0) is 4.79 Å². The van der Waals surface area contributed by atoms with Crippen molar-refractivity contribution in [2.75, 3.05) is 6.54 Å². The van der Waals surface area contributed by atoms with Crippen molar-refractivity contribution in [1.82, 2.24) is 9.88 Å². The Kier molecular flexibility index (Phi) is 4.20. The fourth-order valence-corrected chi connectivity index (χ4v) is 3.18. The Balaban J connectivity index is 2.03. The molecule has 1 aromatic heterocycles. The van der Waals surface area contributed by atoms with E-state index >= 15 is 0 Å². The zero-order valence-electron chi connectivity index (χ0n) is 12.6. The van der Waals surface area contributed by atoms with E-state index in [1.54, 1.807) is 6.20 Å². The molecule has 2 atom stereocenters. The summed E-state index contributed by atoms with van der Waals surface area (Å²) < 4.78 is 0. The lowest BCUT2D eigenvalue weighted by Crippen LogP contribution is -2.39. The summed E-state index contributed by atoms with van der Waals surface area (Å²) in [6, 6.07) is 13.6. The zero-order chi connectivity index (χ0) is 15.5. The number of hydrogen-bond donors (Lipinski definition) is 1. The predicted molar refractivity (Wildman–Crippen MR) is 84.6 cm³/mol. The first kappa shape index (κ1) is 14.7. The molecule has 1 N–H and O–H groups in total. The largest absolute Gasteiger partial charge is 0.480 e. The number of hydrogen-bond acceptors (Lipinski definition) is 3. The van der Waals surface area contributed by atoms with Gasteiger partial charge in [-0.05, 0) is 37.5 Å². The second-order valence-corrected chi connectivity index (χ2v) is 5.80. The molecule has 2 unspecified atom stereocenters. The molecule has 1 aromatic carbocycles. The summed E-state index contributed by atoms with van der Waals surface area (Å²) in [4.78, 5) is 18.1. The molecule has 3 rings (SSSR count). The SMILES string of the molecule is Cc1ccc(C(c2ccccn2)N2CCCC2C(=O)O)cc1. The van der Waals surface area contributed by atoms with Gasteiger partial charge in [-0.1, -0.05) is 35.9 Å². The second kappa shape index (κ2) is 6.28. The van der Waals surface area contributed by atoms with E-state index in [1.807, 2.05) is 18.2 Å². The van der Waals surface area contributed by atoms with Gasteiger partial charge in [-0.15, -0.1) is 0 Å². The Labute approximate surface area is 130 Å². The number of pyridine rings is 1. The summed E-state index contributed by atoms with van der Waals surface area (Å²) in [6.07, 6.45) is 3.37. The van der Waals surface area contributed by atoms with Gasteiger partial charge in [0.05, 0.1) is 11.7 Å². The van der Waals surface area contributed by atoms with Crippen molar-refractivity contribution < 1.29 is 9.90 Å². The molecular weight excluding hydrogens is 276 g/mol. The zero-order valence-corrected chi connectivity index (χ0v) is 12.6. The number of carboxylic acids is 1. The Morgan fingerprint density at radius 1 is 1.27 bits per heavy atom. The third kappa shape index (κ3) is 2.88. The summed E-state index contributed by atoms with van der Waals surface area (Å²) in [7, 11) is 0. The number of aromatic nitrogens is 1. The summed E-state index contributed by atoms with van der Waals surface area (Å²) in [6.45, 7) is 2.83. The highest BCUT2D eigenvalue weighted by molar-refractivity contribution is 5.74. The fourth-order valence-electron chi connectivity index (χ4n) is 3.18. The molecule has 0 spiro atoms. The number of aliphatic carboxylic acids is 1. The van der Waals surface area contributed by atoms with E-state index in [0.29, 0.717) is 6.42 Å². The number of nitrogens with zero attached hydrogens (tertiary/aromatic N) is 2. The van der Waals surface area contributed by atoms with Crippen LogP contribution in [0.5, 0.6) is 0 Å². The molecule has 0 saturated carbocycles. The van der Waals surface area contributed by atoms with E-state index in [2.05, 4.69) is 41.1 Å². The fraction of sp³-hybridized carbons (Fsp3) is 0.333. The molecule has 1 aliphatic rings. The Morgan fingerprint density at radius 3 is 2.68 bits per heavy atom. The summed E-state index contributed by atoms with van der Waals surface area (Å²) in [5.41, 5.74) is 3.19. The Bertz CT molecular complexity index is 640. The maximum absolute atomic E-state index is 11.6. The monoisotopic (exact) mass is 296 g/mol. The van der Waals surface area contributed by atoms with Crippen molar-refractivity contribution in [1.29, 1.82) is 0 Å². The van der Waals surface area contributed by atoms with Crippen LogP contribution in [0.1, 0.15) is 35.7 Å². The molecule has 2 aromatic rings. The average Bonchev–Trinajstić information content (AvgIpc) is 3.00. The van der Waals surface area contributed by atoms with Gasteiger partial charge in [-0.3, -0.25) is 14.7 Å². The standard InChI is InChI=1S/C18H20N2O2/c1-13-7-9-14(10-8-13)17(15-5-2-3-11-19-15)20-12-4-6-16(20)18(21)22/h2-3,5,7-11,16-17H,4,6,12H2,1H3,(H,21,22). The van der Waals surface area contributed by atoms with Crippen LogP contribution in [0, 0.1) is 6.92 Å². The average molecular weight is 296 g/mol. The van der Waals surface area contributed by atoms with Crippen LogP contribution in [0.4, 0.5) is 0 Å². The first-order valence-electron chi connectivity index (χ1n) is 7.63. The molecule has 4 heteroatoms. The van der Waals surface area contributed by atoms with Crippen molar-refractivity contribution in [2.45, 2.75) is 31.8 Å². The minimum absolute atomic E-state index is 0.106. The topological polar surface area (TPSA) is 53.4 Å². The van der Waals surface area contributed by atoms with Crippen molar-refractivity contribution in [3.05, 3.63) is 65.5 Å².